The van der Waals surface area contributed by atoms with Gasteiger partial charge in [0.15, 0.2) is 9.51 Å². The second-order valence-electron chi connectivity index (χ2n) is 10.2. The highest BCUT2D eigenvalue weighted by Crippen LogP contribution is 2.41. The number of fused-ring (bicyclic) bond motifs is 2. The van der Waals surface area contributed by atoms with Crippen molar-refractivity contribution in [1.82, 2.24) is 10.3 Å². The van der Waals surface area contributed by atoms with Gasteiger partial charge in [-0.1, -0.05) is 41.6 Å². The maximum Gasteiger partial charge on any atom is 0.337 e. The molecule has 236 valence electrons. The number of carbonyl (C=O) groups is 4. The van der Waals surface area contributed by atoms with Gasteiger partial charge in [-0.2, -0.15) is 0 Å². The third kappa shape index (κ3) is 5.84. The Kier molecular flexibility index (Phi) is 8.04. The minimum absolute atomic E-state index is 0.0511. The van der Waals surface area contributed by atoms with Gasteiger partial charge in [0.2, 0.25) is 0 Å². The number of benzene rings is 4. The van der Waals surface area contributed by atoms with Crippen LogP contribution in [0.2, 0.25) is 5.02 Å². The Morgan fingerprint density at radius 2 is 1.77 bits per heavy atom. The van der Waals surface area contributed by atoms with Gasteiger partial charge in [0.1, 0.15) is 0 Å². The first-order valence-electron chi connectivity index (χ1n) is 13.7. The molecule has 0 aliphatic carbocycles. The summed E-state index contributed by atoms with van der Waals surface area (Å²) in [5, 5.41) is 24.2. The van der Waals surface area contributed by atoms with E-state index in [4.69, 9.17) is 11.6 Å². The molecule has 0 atom stereocenters. The summed E-state index contributed by atoms with van der Waals surface area (Å²) in [5.74, 6) is -2.51. The van der Waals surface area contributed by atoms with Crippen LogP contribution in [-0.4, -0.2) is 43.9 Å². The molecule has 1 aromatic heterocycles. The molecule has 48 heavy (non-hydrogen) atoms. The zero-order valence-corrected chi connectivity index (χ0v) is 27.1. The van der Waals surface area contributed by atoms with Crippen LogP contribution in [0.1, 0.15) is 36.6 Å². The first kappa shape index (κ1) is 31.3. The number of anilines is 1. The number of nitro groups is 1. The molecule has 1 saturated heterocycles. The summed E-state index contributed by atoms with van der Waals surface area (Å²) >= 11 is 9.28. The lowest BCUT2D eigenvalue weighted by atomic mass is 10.1. The van der Waals surface area contributed by atoms with Crippen molar-refractivity contribution in [3.8, 4) is 0 Å². The number of nitrogens with one attached hydrogen (secondary N) is 1. The number of hydrogen-bond donors (Lipinski definition) is 2. The van der Waals surface area contributed by atoms with Crippen molar-refractivity contribution in [1.29, 1.82) is 0 Å². The molecule has 5 aromatic rings. The molecule has 7 rings (SSSR count). The molecule has 4 aromatic carbocycles. The van der Waals surface area contributed by atoms with Crippen molar-refractivity contribution in [2.75, 3.05) is 4.90 Å². The maximum absolute atomic E-state index is 12.9. The lowest BCUT2D eigenvalue weighted by Crippen LogP contribution is -2.29. The van der Waals surface area contributed by atoms with Crippen molar-refractivity contribution >= 4 is 109 Å². The largest absolute Gasteiger partial charge is 0.478 e. The lowest BCUT2D eigenvalue weighted by Gasteiger charge is -2.13. The number of nitro benzene ring substituents is 1. The average Bonchev–Trinajstić information content (AvgIpc) is 3.70. The fraction of sp³-hybridized carbons (Fsp3) is 0. The highest BCUT2D eigenvalue weighted by molar-refractivity contribution is 8.18. The van der Waals surface area contributed by atoms with E-state index in [9.17, 15) is 34.4 Å². The molecule has 0 spiro atoms. The Hall–Kier alpha value is -5.35. The number of nitrogens with zero attached hydrogens (tertiary/aromatic N) is 4. The topological polar surface area (TPSA) is 172 Å². The van der Waals surface area contributed by atoms with Crippen molar-refractivity contribution in [2.24, 2.45) is 4.99 Å². The van der Waals surface area contributed by atoms with Gasteiger partial charge in [0.05, 0.1) is 58.0 Å². The van der Waals surface area contributed by atoms with Crippen molar-refractivity contribution in [3.63, 3.8) is 0 Å². The molecule has 1 fully saturated rings. The smallest absolute Gasteiger partial charge is 0.337 e. The highest BCUT2D eigenvalue weighted by atomic mass is 35.5. The summed E-state index contributed by atoms with van der Waals surface area (Å²) in [6.07, 6.45) is 1.49. The standard InChI is InChI=1S/C32H16ClN5O7S3/c33-21-8-6-16(13-20(21)30(42)43)34-31-36-27(39)26(46-31)12-15-5-10-24(23(11-15)38(44)45)47-32-35-22-9-7-17(14-25(22)48-32)37-28(40)18-3-1-2-4-19(18)29(37)41/h1-14H,(H,42,43)(H,34,36,39)/b26-12-. The molecule has 0 saturated carbocycles. The molecule has 16 heteroatoms. The van der Waals surface area contributed by atoms with Crippen LogP contribution in [0.25, 0.3) is 16.3 Å². The summed E-state index contributed by atoms with van der Waals surface area (Å²) in [4.78, 5) is 72.0. The Morgan fingerprint density at radius 1 is 1.02 bits per heavy atom. The number of carboxylic acids is 1. The van der Waals surface area contributed by atoms with Crippen LogP contribution >= 0.6 is 46.5 Å². The number of aliphatic imine (C=N–C) groups is 1. The first-order valence-corrected chi connectivity index (χ1v) is 16.6. The molecule has 0 radical (unpaired) electrons. The molecule has 0 unspecified atom stereocenters. The Bertz CT molecular complexity index is 2300. The quantitative estimate of drug-likeness (QED) is 0.0749. The number of amidine groups is 1. The molecule has 2 N–H and O–H groups in total. The van der Waals surface area contributed by atoms with E-state index >= 15 is 0 Å². The summed E-state index contributed by atoms with van der Waals surface area (Å²) in [7, 11) is 0. The molecule has 12 nitrogen and oxygen atoms in total. The number of halogens is 1. The van der Waals surface area contributed by atoms with E-state index in [0.717, 1.165) is 28.4 Å². The Labute approximate surface area is 287 Å². The normalized spacial score (nSPS) is 15.9. The summed E-state index contributed by atoms with van der Waals surface area (Å²) in [5.41, 5.74) is 2.02. The van der Waals surface area contributed by atoms with Gasteiger partial charge in [-0.15, -0.1) is 11.3 Å². The van der Waals surface area contributed by atoms with Gasteiger partial charge >= 0.3 is 5.97 Å². The first-order chi connectivity index (χ1) is 23.0. The predicted octanol–water partition coefficient (Wildman–Crippen LogP) is 7.40. The van der Waals surface area contributed by atoms with Gasteiger partial charge < -0.3 is 10.4 Å². The van der Waals surface area contributed by atoms with E-state index in [1.807, 2.05) is 0 Å². The van der Waals surface area contributed by atoms with Crippen LogP contribution in [0.4, 0.5) is 17.1 Å². The fourth-order valence-corrected chi connectivity index (χ4v) is 8.12. The minimum Gasteiger partial charge on any atom is -0.478 e. The number of thiazole rings is 1. The molecule has 3 heterocycles. The number of hydrogen-bond acceptors (Lipinski definition) is 11. The van der Waals surface area contributed by atoms with Gasteiger partial charge in [-0.25, -0.2) is 19.7 Å². The number of carbonyl (C=O) groups excluding carboxylic acids is 3. The summed E-state index contributed by atoms with van der Waals surface area (Å²) in [6.45, 7) is 0. The second-order valence-corrected chi connectivity index (χ2v) is 13.9. The van der Waals surface area contributed by atoms with E-state index in [2.05, 4.69) is 15.3 Å². The van der Waals surface area contributed by atoms with Crippen LogP contribution < -0.4 is 10.2 Å². The van der Waals surface area contributed by atoms with Gasteiger partial charge in [0, 0.05) is 6.07 Å². The number of imide groups is 1. The van der Waals surface area contributed by atoms with Crippen LogP contribution in [0.5, 0.6) is 0 Å². The molecule has 2 aliphatic heterocycles. The Morgan fingerprint density at radius 3 is 2.48 bits per heavy atom. The van der Waals surface area contributed by atoms with E-state index in [-0.39, 0.29) is 32.0 Å². The number of amides is 3. The summed E-state index contributed by atoms with van der Waals surface area (Å²) < 4.78 is 1.20. The molecular weight excluding hydrogens is 698 g/mol. The molecule has 2 aliphatic rings. The third-order valence-electron chi connectivity index (χ3n) is 7.14. The zero-order valence-electron chi connectivity index (χ0n) is 23.9. The van der Waals surface area contributed by atoms with Crippen LogP contribution in [0, 0.1) is 10.1 Å². The number of carboxylic acid groups (broad SMARTS) is 1. The SMILES string of the molecule is O=C1NC(=Nc2ccc(Cl)c(C(=O)O)c2)S/C1=C\c1ccc(Sc2nc3ccc(N4C(=O)c5ccccc5C4=O)cc3s2)c([N+](=O)[O-])c1. The van der Waals surface area contributed by atoms with Crippen LogP contribution in [0.3, 0.4) is 0 Å². The van der Waals surface area contributed by atoms with Crippen molar-refractivity contribution < 1.29 is 29.2 Å². The van der Waals surface area contributed by atoms with Crippen LogP contribution in [-0.2, 0) is 4.79 Å². The van der Waals surface area contributed by atoms with Crippen molar-refractivity contribution in [2.45, 2.75) is 9.24 Å². The number of thioether (sulfide) groups is 1. The fourth-order valence-electron chi connectivity index (χ4n) is 4.94. The maximum atomic E-state index is 12.9. The van der Waals surface area contributed by atoms with Gasteiger partial charge in [-0.3, -0.25) is 24.5 Å². The summed E-state index contributed by atoms with van der Waals surface area (Å²) in [6, 6.07) is 20.4. The Balaban J connectivity index is 1.11. The third-order valence-corrected chi connectivity index (χ3v) is 10.5. The average molecular weight is 714 g/mol. The van der Waals surface area contributed by atoms with Crippen molar-refractivity contribution in [3.05, 3.63) is 121 Å². The number of aromatic carboxylic acids is 1. The van der Waals surface area contributed by atoms with E-state index < -0.39 is 28.6 Å². The lowest BCUT2D eigenvalue weighted by molar-refractivity contribution is -0.387. The van der Waals surface area contributed by atoms with Crippen LogP contribution in [0.15, 0.2) is 98.0 Å². The monoisotopic (exact) mass is 713 g/mol. The van der Waals surface area contributed by atoms with E-state index in [1.165, 1.54) is 41.7 Å². The van der Waals surface area contributed by atoms with E-state index in [1.54, 1.807) is 54.6 Å². The molecule has 0 bridgehead atoms. The second kappa shape index (κ2) is 12.4. The van der Waals surface area contributed by atoms with E-state index in [0.29, 0.717) is 41.8 Å². The highest BCUT2D eigenvalue weighted by Gasteiger charge is 2.36. The number of rotatable bonds is 7. The van der Waals surface area contributed by atoms with Gasteiger partial charge in [0.25, 0.3) is 23.4 Å². The predicted molar refractivity (Wildman–Crippen MR) is 184 cm³/mol. The molecular formula is C32H16ClN5O7S3. The minimum atomic E-state index is -1.22. The number of aromatic nitrogens is 1. The zero-order chi connectivity index (χ0) is 33.7. The van der Waals surface area contributed by atoms with Gasteiger partial charge in [-0.05, 0) is 78.0 Å². The molecule has 3 amide bonds.